The number of hydrogen-bond donors (Lipinski definition) is 1. The van der Waals surface area contributed by atoms with Gasteiger partial charge in [0.2, 0.25) is 0 Å². The van der Waals surface area contributed by atoms with Gasteiger partial charge in [0.1, 0.15) is 0 Å². The van der Waals surface area contributed by atoms with Gasteiger partial charge in [-0.2, -0.15) is 11.8 Å². The van der Waals surface area contributed by atoms with Crippen LogP contribution in [0.1, 0.15) is 32.1 Å². The Morgan fingerprint density at radius 2 is 1.92 bits per heavy atom. The van der Waals surface area contributed by atoms with Gasteiger partial charge in [-0.15, -0.1) is 0 Å². The topological polar surface area (TPSA) is 20.2 Å². The van der Waals surface area contributed by atoms with Gasteiger partial charge in [-0.05, 0) is 42.6 Å². The lowest BCUT2D eigenvalue weighted by molar-refractivity contribution is 0.175. The minimum Gasteiger partial charge on any atom is -0.393 e. The van der Waals surface area contributed by atoms with E-state index in [-0.39, 0.29) is 6.10 Å². The van der Waals surface area contributed by atoms with E-state index in [1.807, 2.05) is 0 Å². The molecular weight excluding hydrogens is 168 g/mol. The minimum atomic E-state index is 0.0266. The van der Waals surface area contributed by atoms with Crippen LogP contribution in [0.3, 0.4) is 0 Å². The maximum Gasteiger partial charge on any atom is 0.0546 e. The normalized spacial score (nSPS) is 43.2. The maximum atomic E-state index is 9.53. The second kappa shape index (κ2) is 4.01. The number of hydrogen-bond acceptors (Lipinski definition) is 2. The summed E-state index contributed by atoms with van der Waals surface area (Å²) in [5.41, 5.74) is 0. The molecule has 0 aromatic heterocycles. The van der Waals surface area contributed by atoms with Crippen molar-refractivity contribution in [1.29, 1.82) is 0 Å². The van der Waals surface area contributed by atoms with E-state index >= 15 is 0 Å². The summed E-state index contributed by atoms with van der Waals surface area (Å²) in [5.74, 6) is 4.35. The number of thioether (sulfide) groups is 1. The van der Waals surface area contributed by atoms with Crippen molar-refractivity contribution in [1.82, 2.24) is 0 Å². The van der Waals surface area contributed by atoms with Crippen LogP contribution in [0.25, 0.3) is 0 Å². The lowest BCUT2D eigenvalue weighted by atomic mass is 9.92. The molecule has 2 fully saturated rings. The van der Waals surface area contributed by atoms with Crippen LogP contribution in [0.2, 0.25) is 0 Å². The van der Waals surface area contributed by atoms with E-state index < -0.39 is 0 Å². The fourth-order valence-corrected chi connectivity index (χ4v) is 3.87. The molecule has 3 unspecified atom stereocenters. The molecule has 0 bridgehead atoms. The van der Waals surface area contributed by atoms with Crippen molar-refractivity contribution in [3.05, 3.63) is 0 Å². The van der Waals surface area contributed by atoms with Gasteiger partial charge in [0.05, 0.1) is 6.10 Å². The molecule has 12 heavy (non-hydrogen) atoms. The Hall–Kier alpha value is 0.310. The molecule has 1 aliphatic carbocycles. The van der Waals surface area contributed by atoms with Crippen molar-refractivity contribution in [3.8, 4) is 0 Å². The highest BCUT2D eigenvalue weighted by Crippen LogP contribution is 2.39. The van der Waals surface area contributed by atoms with Crippen molar-refractivity contribution >= 4 is 11.8 Å². The highest BCUT2D eigenvalue weighted by atomic mass is 32.2. The molecule has 0 aromatic carbocycles. The Bertz CT molecular complexity index is 133. The molecule has 3 atom stereocenters. The van der Waals surface area contributed by atoms with Crippen LogP contribution in [0.5, 0.6) is 0 Å². The first-order valence-corrected chi connectivity index (χ1v) is 6.27. The van der Waals surface area contributed by atoms with Crippen molar-refractivity contribution in [2.45, 2.75) is 38.2 Å². The third kappa shape index (κ3) is 1.97. The molecule has 1 aliphatic heterocycles. The van der Waals surface area contributed by atoms with Crippen LogP contribution in [0.4, 0.5) is 0 Å². The van der Waals surface area contributed by atoms with E-state index in [2.05, 4.69) is 11.8 Å². The lowest BCUT2D eigenvalue weighted by Crippen LogP contribution is -2.13. The monoisotopic (exact) mass is 186 g/mol. The summed E-state index contributed by atoms with van der Waals surface area (Å²) < 4.78 is 0. The Morgan fingerprint density at radius 3 is 2.83 bits per heavy atom. The predicted octanol–water partition coefficient (Wildman–Crippen LogP) is 2.29. The van der Waals surface area contributed by atoms with Crippen LogP contribution < -0.4 is 0 Å². The molecule has 0 amide bonds. The summed E-state index contributed by atoms with van der Waals surface area (Å²) in [5, 5.41) is 9.53. The Kier molecular flexibility index (Phi) is 2.97. The molecule has 1 heterocycles. The molecular formula is C10H18OS. The van der Waals surface area contributed by atoms with Crippen LogP contribution in [-0.4, -0.2) is 22.7 Å². The fraction of sp³-hybridized carbons (Fsp3) is 1.00. The molecule has 1 N–H and O–H groups in total. The van der Waals surface area contributed by atoms with Gasteiger partial charge in [-0.25, -0.2) is 0 Å². The Morgan fingerprint density at radius 1 is 1.08 bits per heavy atom. The van der Waals surface area contributed by atoms with Gasteiger partial charge in [0.25, 0.3) is 0 Å². The SMILES string of the molecule is OC1CC2CCCCSCC2C1. The summed E-state index contributed by atoms with van der Waals surface area (Å²) in [6, 6.07) is 0. The molecule has 1 saturated carbocycles. The summed E-state index contributed by atoms with van der Waals surface area (Å²) in [7, 11) is 0. The van der Waals surface area contributed by atoms with Crippen LogP contribution in [-0.2, 0) is 0 Å². The minimum absolute atomic E-state index is 0.0266. The lowest BCUT2D eigenvalue weighted by Gasteiger charge is -2.21. The van der Waals surface area contributed by atoms with Gasteiger partial charge in [0, 0.05) is 0 Å². The summed E-state index contributed by atoms with van der Waals surface area (Å²) in [6.07, 6.45) is 6.36. The van der Waals surface area contributed by atoms with Gasteiger partial charge < -0.3 is 5.11 Å². The molecule has 2 aliphatic rings. The smallest absolute Gasteiger partial charge is 0.0546 e. The third-order valence-corrected chi connectivity index (χ3v) is 4.50. The largest absolute Gasteiger partial charge is 0.393 e. The predicted molar refractivity (Wildman–Crippen MR) is 53.4 cm³/mol. The maximum absolute atomic E-state index is 9.53. The molecule has 0 spiro atoms. The summed E-state index contributed by atoms with van der Waals surface area (Å²) >= 11 is 2.10. The highest BCUT2D eigenvalue weighted by molar-refractivity contribution is 7.99. The van der Waals surface area contributed by atoms with E-state index in [4.69, 9.17) is 0 Å². The molecule has 1 saturated heterocycles. The van der Waals surface area contributed by atoms with E-state index in [0.29, 0.717) is 0 Å². The molecule has 1 nitrogen and oxygen atoms in total. The number of rotatable bonds is 0. The first kappa shape index (κ1) is 8.89. The van der Waals surface area contributed by atoms with E-state index in [9.17, 15) is 5.11 Å². The van der Waals surface area contributed by atoms with Crippen molar-refractivity contribution in [2.24, 2.45) is 11.8 Å². The molecule has 2 rings (SSSR count). The zero-order valence-electron chi connectivity index (χ0n) is 7.54. The highest BCUT2D eigenvalue weighted by Gasteiger charge is 2.32. The van der Waals surface area contributed by atoms with Crippen LogP contribution in [0.15, 0.2) is 0 Å². The van der Waals surface area contributed by atoms with Crippen LogP contribution in [0, 0.1) is 11.8 Å². The third-order valence-electron chi connectivity index (χ3n) is 3.26. The van der Waals surface area contributed by atoms with Gasteiger partial charge in [-0.1, -0.05) is 12.8 Å². The average Bonchev–Trinajstić information content (AvgIpc) is 2.32. The molecule has 70 valence electrons. The number of aliphatic hydroxyl groups excluding tert-OH is 1. The van der Waals surface area contributed by atoms with E-state index in [1.165, 1.54) is 30.8 Å². The van der Waals surface area contributed by atoms with E-state index in [0.717, 1.165) is 24.7 Å². The van der Waals surface area contributed by atoms with E-state index in [1.54, 1.807) is 0 Å². The van der Waals surface area contributed by atoms with Crippen molar-refractivity contribution < 1.29 is 5.11 Å². The van der Waals surface area contributed by atoms with Gasteiger partial charge in [-0.3, -0.25) is 0 Å². The fourth-order valence-electron chi connectivity index (χ4n) is 2.58. The van der Waals surface area contributed by atoms with Gasteiger partial charge in [0.15, 0.2) is 0 Å². The zero-order valence-corrected chi connectivity index (χ0v) is 8.35. The van der Waals surface area contributed by atoms with Crippen LogP contribution >= 0.6 is 11.8 Å². The van der Waals surface area contributed by atoms with Crippen molar-refractivity contribution in [3.63, 3.8) is 0 Å². The first-order valence-electron chi connectivity index (χ1n) is 5.12. The second-order valence-electron chi connectivity index (χ2n) is 4.22. The molecule has 0 aromatic rings. The number of fused-ring (bicyclic) bond motifs is 1. The Labute approximate surface area is 78.9 Å². The average molecular weight is 186 g/mol. The summed E-state index contributed by atoms with van der Waals surface area (Å²) in [4.78, 5) is 0. The molecule has 0 radical (unpaired) electrons. The Balaban J connectivity index is 1.92. The number of aliphatic hydroxyl groups is 1. The van der Waals surface area contributed by atoms with Gasteiger partial charge >= 0.3 is 0 Å². The quantitative estimate of drug-likeness (QED) is 0.626. The second-order valence-corrected chi connectivity index (χ2v) is 5.37. The van der Waals surface area contributed by atoms with Crippen molar-refractivity contribution in [2.75, 3.05) is 11.5 Å². The standard InChI is InChI=1S/C10H18OS/c11-10-5-8-3-1-2-4-12-7-9(8)6-10/h8-11H,1-7H2. The molecule has 2 heteroatoms. The first-order chi connectivity index (χ1) is 5.86. The summed E-state index contributed by atoms with van der Waals surface area (Å²) in [6.45, 7) is 0. The zero-order chi connectivity index (χ0) is 8.39.